The third-order valence-corrected chi connectivity index (χ3v) is 3.04. The number of H-pyrrole nitrogens is 1. The first-order valence-electron chi connectivity index (χ1n) is 6.08. The highest BCUT2D eigenvalue weighted by Crippen LogP contribution is 2.31. The molecule has 0 fully saturated rings. The molecule has 1 N–H and O–H groups in total. The van der Waals surface area contributed by atoms with Crippen molar-refractivity contribution >= 4 is 23.6 Å². The first kappa shape index (κ1) is 12.5. The lowest BCUT2D eigenvalue weighted by atomic mass is 10.1. The van der Waals surface area contributed by atoms with Gasteiger partial charge in [0.2, 0.25) is 4.71 Å². The number of nitrogens with one attached hydrogen (secondary N) is 1. The maximum absolute atomic E-state index is 5.17. The molecule has 0 spiro atoms. The number of benzene rings is 2. The number of aromatic amines is 1. The van der Waals surface area contributed by atoms with Crippen molar-refractivity contribution in [3.63, 3.8) is 0 Å². The molecule has 0 radical (unpaired) electrons. The van der Waals surface area contributed by atoms with Crippen molar-refractivity contribution in [3.8, 4) is 11.3 Å². The maximum Gasteiger partial charge on any atom is 0.248 e. The molecule has 0 bridgehead atoms. The highest BCUT2D eigenvalue weighted by Gasteiger charge is 2.10. The first-order valence-corrected chi connectivity index (χ1v) is 6.49. The molecule has 0 aliphatic heterocycles. The largest absolute Gasteiger partial charge is 0.368 e. The minimum atomic E-state index is 0.295. The van der Waals surface area contributed by atoms with Crippen LogP contribution in [-0.2, 0) is 0 Å². The average Bonchev–Trinajstić information content (AvgIpc) is 2.88. The SMILES string of the molecule is S=c1o[nH]c(-c2ccccc2)c1N=Nc1ccccc1. The Kier molecular flexibility index (Phi) is 3.52. The van der Waals surface area contributed by atoms with Crippen molar-refractivity contribution in [2.75, 3.05) is 0 Å². The smallest absolute Gasteiger partial charge is 0.248 e. The molecule has 1 heterocycles. The van der Waals surface area contributed by atoms with Gasteiger partial charge in [0, 0.05) is 5.56 Å². The van der Waals surface area contributed by atoms with E-state index in [1.807, 2.05) is 60.7 Å². The quantitative estimate of drug-likeness (QED) is 0.514. The Balaban J connectivity index is 2.01. The summed E-state index contributed by atoms with van der Waals surface area (Å²) >= 11 is 5.14. The van der Waals surface area contributed by atoms with Gasteiger partial charge >= 0.3 is 0 Å². The second kappa shape index (κ2) is 5.63. The zero-order valence-electron chi connectivity index (χ0n) is 10.5. The lowest BCUT2D eigenvalue weighted by Crippen LogP contribution is -1.76. The van der Waals surface area contributed by atoms with Gasteiger partial charge in [0.25, 0.3) is 0 Å². The first-order chi connectivity index (χ1) is 9.84. The Labute approximate surface area is 120 Å². The van der Waals surface area contributed by atoms with Gasteiger partial charge in [0.1, 0.15) is 5.69 Å². The van der Waals surface area contributed by atoms with Crippen molar-refractivity contribution in [2.45, 2.75) is 0 Å². The summed E-state index contributed by atoms with van der Waals surface area (Å²) in [5.74, 6) is 0. The Morgan fingerprint density at radius 1 is 0.850 bits per heavy atom. The molecule has 0 saturated carbocycles. The highest BCUT2D eigenvalue weighted by molar-refractivity contribution is 7.71. The van der Waals surface area contributed by atoms with Crippen LogP contribution in [0.5, 0.6) is 0 Å². The second-order valence-electron chi connectivity index (χ2n) is 4.12. The zero-order valence-corrected chi connectivity index (χ0v) is 11.3. The molecule has 3 aromatic rings. The second-order valence-corrected chi connectivity index (χ2v) is 4.49. The fraction of sp³-hybridized carbons (Fsp3) is 0. The minimum absolute atomic E-state index is 0.295. The van der Waals surface area contributed by atoms with Crippen LogP contribution in [0.2, 0.25) is 0 Å². The van der Waals surface area contributed by atoms with Crippen LogP contribution in [0.1, 0.15) is 0 Å². The van der Waals surface area contributed by atoms with Gasteiger partial charge in [-0.3, -0.25) is 0 Å². The normalized spacial score (nSPS) is 11.0. The van der Waals surface area contributed by atoms with E-state index in [0.29, 0.717) is 10.4 Å². The van der Waals surface area contributed by atoms with Crippen LogP contribution in [0.4, 0.5) is 11.4 Å². The van der Waals surface area contributed by atoms with Crippen molar-refractivity contribution in [2.24, 2.45) is 10.2 Å². The van der Waals surface area contributed by atoms with Crippen LogP contribution in [0.3, 0.4) is 0 Å². The monoisotopic (exact) mass is 281 g/mol. The fourth-order valence-electron chi connectivity index (χ4n) is 1.79. The lowest BCUT2D eigenvalue weighted by Gasteiger charge is -1.96. The molecule has 2 aromatic carbocycles. The van der Waals surface area contributed by atoms with Gasteiger partial charge in [-0.1, -0.05) is 48.5 Å². The van der Waals surface area contributed by atoms with E-state index in [9.17, 15) is 0 Å². The molecular weight excluding hydrogens is 270 g/mol. The van der Waals surface area contributed by atoms with E-state index < -0.39 is 0 Å². The standard InChI is InChI=1S/C15H11N3OS/c20-15-14(17-16-12-9-5-2-6-10-12)13(18-19-15)11-7-3-1-4-8-11/h1-10,18H. The number of rotatable bonds is 3. The third-order valence-electron chi connectivity index (χ3n) is 2.76. The Morgan fingerprint density at radius 2 is 1.50 bits per heavy atom. The molecule has 0 amide bonds. The van der Waals surface area contributed by atoms with Gasteiger partial charge in [-0.2, -0.15) is 5.11 Å². The molecule has 0 atom stereocenters. The van der Waals surface area contributed by atoms with Gasteiger partial charge in [-0.25, -0.2) is 5.16 Å². The summed E-state index contributed by atoms with van der Waals surface area (Å²) in [4.78, 5) is 0. The summed E-state index contributed by atoms with van der Waals surface area (Å²) in [7, 11) is 0. The Hall–Kier alpha value is -2.53. The van der Waals surface area contributed by atoms with E-state index in [2.05, 4.69) is 15.4 Å². The van der Waals surface area contributed by atoms with Crippen LogP contribution in [0.25, 0.3) is 11.3 Å². The van der Waals surface area contributed by atoms with Crippen LogP contribution in [-0.4, -0.2) is 5.16 Å². The van der Waals surface area contributed by atoms with Crippen LogP contribution >= 0.6 is 12.2 Å². The van der Waals surface area contributed by atoms with E-state index in [1.165, 1.54) is 0 Å². The molecule has 1 aromatic heterocycles. The predicted molar refractivity (Wildman–Crippen MR) is 79.9 cm³/mol. The molecule has 3 rings (SSSR count). The minimum Gasteiger partial charge on any atom is -0.368 e. The van der Waals surface area contributed by atoms with E-state index in [4.69, 9.17) is 16.7 Å². The molecule has 5 heteroatoms. The maximum atomic E-state index is 5.17. The summed E-state index contributed by atoms with van der Waals surface area (Å²) in [6, 6.07) is 19.2. The predicted octanol–water partition coefficient (Wildman–Crippen LogP) is 5.42. The topological polar surface area (TPSA) is 53.6 Å². The molecule has 0 unspecified atom stereocenters. The van der Waals surface area contributed by atoms with E-state index in [0.717, 1.165) is 16.9 Å². The van der Waals surface area contributed by atoms with Crippen LogP contribution < -0.4 is 0 Å². The summed E-state index contributed by atoms with van der Waals surface area (Å²) < 4.78 is 5.47. The van der Waals surface area contributed by atoms with Gasteiger partial charge in [-0.15, -0.1) is 5.11 Å². The average molecular weight is 281 g/mol. The van der Waals surface area contributed by atoms with Gasteiger partial charge in [0.05, 0.1) is 5.69 Å². The molecular formula is C15H11N3OS. The number of hydrogen-bond acceptors (Lipinski definition) is 4. The summed E-state index contributed by atoms with van der Waals surface area (Å²) in [6.07, 6.45) is 0. The molecule has 4 nitrogen and oxygen atoms in total. The van der Waals surface area contributed by atoms with Crippen molar-refractivity contribution in [1.82, 2.24) is 5.16 Å². The summed E-state index contributed by atoms with van der Waals surface area (Å²) in [5, 5.41) is 11.2. The molecule has 20 heavy (non-hydrogen) atoms. The number of nitrogens with zero attached hydrogens (tertiary/aromatic N) is 2. The van der Waals surface area contributed by atoms with Crippen molar-refractivity contribution < 1.29 is 4.52 Å². The Morgan fingerprint density at radius 3 is 2.20 bits per heavy atom. The summed E-state index contributed by atoms with van der Waals surface area (Å²) in [6.45, 7) is 0. The van der Waals surface area contributed by atoms with Crippen molar-refractivity contribution in [1.29, 1.82) is 0 Å². The molecule has 0 aliphatic carbocycles. The van der Waals surface area contributed by atoms with Gasteiger partial charge in [-0.05, 0) is 24.4 Å². The lowest BCUT2D eigenvalue weighted by molar-refractivity contribution is 0.411. The molecule has 98 valence electrons. The number of aromatic nitrogens is 1. The van der Waals surface area contributed by atoms with Gasteiger partial charge < -0.3 is 4.52 Å². The van der Waals surface area contributed by atoms with Gasteiger partial charge in [0.15, 0.2) is 5.69 Å². The van der Waals surface area contributed by atoms with Crippen LogP contribution in [0, 0.1) is 4.71 Å². The van der Waals surface area contributed by atoms with E-state index in [1.54, 1.807) is 0 Å². The van der Waals surface area contributed by atoms with E-state index in [-0.39, 0.29) is 0 Å². The number of hydrogen-bond donors (Lipinski definition) is 1. The third kappa shape index (κ3) is 2.57. The summed E-state index contributed by atoms with van der Waals surface area (Å²) in [5.41, 5.74) is 2.99. The molecule has 0 saturated heterocycles. The zero-order chi connectivity index (χ0) is 13.8. The fourth-order valence-corrected chi connectivity index (χ4v) is 1.97. The number of azo groups is 1. The van der Waals surface area contributed by atoms with Crippen molar-refractivity contribution in [3.05, 3.63) is 65.4 Å². The van der Waals surface area contributed by atoms with Crippen LogP contribution in [0.15, 0.2) is 75.4 Å². The van der Waals surface area contributed by atoms with E-state index >= 15 is 0 Å². The molecule has 0 aliphatic rings. The Bertz CT molecular complexity index is 776. The highest BCUT2D eigenvalue weighted by atomic mass is 32.1.